The average molecular weight is 419 g/mol. The molecule has 1 N–H and O–H groups in total. The molecule has 29 heavy (non-hydrogen) atoms. The molecule has 0 bridgehead atoms. The van der Waals surface area contributed by atoms with Gasteiger partial charge in [0.1, 0.15) is 11.5 Å². The third kappa shape index (κ3) is 4.17. The van der Waals surface area contributed by atoms with Gasteiger partial charge in [-0.2, -0.15) is 0 Å². The zero-order chi connectivity index (χ0) is 21.3. The van der Waals surface area contributed by atoms with Crippen LogP contribution in [0.25, 0.3) is 0 Å². The van der Waals surface area contributed by atoms with E-state index in [1.165, 1.54) is 10.6 Å². The minimum absolute atomic E-state index is 0.168. The van der Waals surface area contributed by atoms with Gasteiger partial charge in [0.2, 0.25) is 10.0 Å². The molecule has 1 aliphatic rings. The number of rotatable bonds is 6. The van der Waals surface area contributed by atoms with E-state index in [4.69, 9.17) is 9.47 Å². The van der Waals surface area contributed by atoms with Gasteiger partial charge in [0.05, 0.1) is 32.2 Å². The molecule has 156 valence electrons. The number of hydrogen-bond donors (Lipinski definition) is 1. The summed E-state index contributed by atoms with van der Waals surface area (Å²) in [6, 6.07) is 10.1. The minimum Gasteiger partial charge on any atom is -0.497 e. The van der Waals surface area contributed by atoms with Gasteiger partial charge in [0.25, 0.3) is 5.91 Å². The van der Waals surface area contributed by atoms with Gasteiger partial charge in [0.15, 0.2) is 0 Å². The molecule has 1 heterocycles. The van der Waals surface area contributed by atoms with E-state index in [1.54, 1.807) is 44.6 Å². The van der Waals surface area contributed by atoms with Crippen LogP contribution in [-0.2, 0) is 16.4 Å². The van der Waals surface area contributed by atoms with E-state index >= 15 is 0 Å². The van der Waals surface area contributed by atoms with Crippen LogP contribution < -0.4 is 19.1 Å². The van der Waals surface area contributed by atoms with E-state index in [1.807, 2.05) is 19.9 Å². The van der Waals surface area contributed by atoms with Crippen LogP contribution in [-0.4, -0.2) is 40.8 Å². The predicted octanol–water partition coefficient (Wildman–Crippen LogP) is 2.91. The summed E-state index contributed by atoms with van der Waals surface area (Å²) in [6.45, 7) is 3.73. The normalized spacial score (nSPS) is 16.9. The Balaban J connectivity index is 1.83. The van der Waals surface area contributed by atoms with Crippen LogP contribution >= 0.6 is 0 Å². The molecule has 3 rings (SSSR count). The van der Waals surface area contributed by atoms with Crippen molar-refractivity contribution >= 4 is 21.6 Å². The lowest BCUT2D eigenvalue weighted by Gasteiger charge is -2.22. The maximum Gasteiger partial charge on any atom is 0.251 e. The molecule has 0 aromatic heterocycles. The maximum absolute atomic E-state index is 12.8. The number of benzene rings is 2. The molecule has 0 saturated heterocycles. The fourth-order valence-corrected chi connectivity index (χ4v) is 5.05. The van der Waals surface area contributed by atoms with Crippen LogP contribution in [0.15, 0.2) is 36.4 Å². The highest BCUT2D eigenvalue weighted by Gasteiger charge is 2.32. The predicted molar refractivity (Wildman–Crippen MR) is 112 cm³/mol. The topological polar surface area (TPSA) is 84.9 Å². The summed E-state index contributed by atoms with van der Waals surface area (Å²) in [5, 5.41) is 2.98. The van der Waals surface area contributed by atoms with Gasteiger partial charge < -0.3 is 14.8 Å². The Morgan fingerprint density at radius 3 is 2.52 bits per heavy atom. The molecule has 2 atom stereocenters. The number of carbonyl (C=O) groups excluding carboxylic acids is 1. The Bertz CT molecular complexity index is 1040. The molecule has 0 radical (unpaired) electrons. The van der Waals surface area contributed by atoms with Gasteiger partial charge in [-0.05, 0) is 62.2 Å². The van der Waals surface area contributed by atoms with Crippen LogP contribution in [0.4, 0.5) is 5.69 Å². The Morgan fingerprint density at radius 2 is 1.90 bits per heavy atom. The number of fused-ring (bicyclic) bond motifs is 1. The van der Waals surface area contributed by atoms with Gasteiger partial charge in [-0.1, -0.05) is 0 Å². The first-order valence-electron chi connectivity index (χ1n) is 9.30. The third-order valence-electron chi connectivity index (χ3n) is 5.10. The molecule has 2 aromatic rings. The van der Waals surface area contributed by atoms with Crippen molar-refractivity contribution in [2.75, 3.05) is 24.8 Å². The van der Waals surface area contributed by atoms with E-state index in [0.29, 0.717) is 29.2 Å². The maximum atomic E-state index is 12.8. The second kappa shape index (κ2) is 7.94. The molecule has 1 aliphatic heterocycles. The SMILES string of the molecule is COc1ccc(OC)c([C@H](C)NC(=O)c2ccc3c(c2)C[C@@H](C)N3S(C)(=O)=O)c1. The number of sulfonamides is 1. The molecular formula is C21H26N2O5S. The van der Waals surface area contributed by atoms with Crippen LogP contribution in [0.3, 0.4) is 0 Å². The fraction of sp³-hybridized carbons (Fsp3) is 0.381. The average Bonchev–Trinajstić information content (AvgIpc) is 3.02. The minimum atomic E-state index is -3.36. The van der Waals surface area contributed by atoms with Crippen LogP contribution in [0.5, 0.6) is 11.5 Å². The van der Waals surface area contributed by atoms with E-state index in [9.17, 15) is 13.2 Å². The number of anilines is 1. The standard InChI is InChI=1S/C21H26N2O5S/c1-13-10-16-11-15(6-8-19(16)23(13)29(5,25)26)21(24)22-14(2)18-12-17(27-3)7-9-20(18)28-4/h6-9,11-14H,10H2,1-5H3,(H,22,24)/t13-,14+/m1/s1. The molecule has 2 aromatic carbocycles. The molecular weight excluding hydrogens is 392 g/mol. The van der Waals surface area contributed by atoms with Gasteiger partial charge in [-0.25, -0.2) is 8.42 Å². The number of nitrogens with one attached hydrogen (secondary N) is 1. The van der Waals surface area contributed by atoms with Gasteiger partial charge >= 0.3 is 0 Å². The summed E-state index contributed by atoms with van der Waals surface area (Å²) in [5.74, 6) is 1.09. The lowest BCUT2D eigenvalue weighted by Crippen LogP contribution is -2.34. The summed E-state index contributed by atoms with van der Waals surface area (Å²) >= 11 is 0. The molecule has 7 nitrogen and oxygen atoms in total. The summed E-state index contributed by atoms with van der Waals surface area (Å²) in [4.78, 5) is 12.8. The van der Waals surface area contributed by atoms with E-state index in [2.05, 4.69) is 5.32 Å². The molecule has 0 saturated carbocycles. The zero-order valence-electron chi connectivity index (χ0n) is 17.2. The van der Waals surface area contributed by atoms with Crippen molar-refractivity contribution in [1.29, 1.82) is 0 Å². The van der Waals surface area contributed by atoms with Crippen LogP contribution in [0.2, 0.25) is 0 Å². The zero-order valence-corrected chi connectivity index (χ0v) is 18.0. The first-order valence-corrected chi connectivity index (χ1v) is 11.2. The number of nitrogens with zero attached hydrogens (tertiary/aromatic N) is 1. The number of amides is 1. The first-order chi connectivity index (χ1) is 13.7. The summed E-state index contributed by atoms with van der Waals surface area (Å²) in [6.07, 6.45) is 1.77. The Kier molecular flexibility index (Phi) is 5.75. The van der Waals surface area contributed by atoms with E-state index in [-0.39, 0.29) is 18.0 Å². The molecule has 1 amide bonds. The molecule has 0 unspecified atom stereocenters. The van der Waals surface area contributed by atoms with Crippen molar-refractivity contribution < 1.29 is 22.7 Å². The summed E-state index contributed by atoms with van der Waals surface area (Å²) < 4.78 is 36.2. The molecule has 0 spiro atoms. The van der Waals surface area contributed by atoms with E-state index in [0.717, 1.165) is 11.1 Å². The van der Waals surface area contributed by atoms with Gasteiger partial charge in [0, 0.05) is 17.2 Å². The van der Waals surface area contributed by atoms with Crippen molar-refractivity contribution in [3.05, 3.63) is 53.1 Å². The number of carbonyl (C=O) groups is 1. The van der Waals surface area contributed by atoms with Crippen molar-refractivity contribution in [3.8, 4) is 11.5 Å². The van der Waals surface area contributed by atoms with Crippen LogP contribution in [0.1, 0.15) is 41.4 Å². The summed E-state index contributed by atoms with van der Waals surface area (Å²) in [7, 11) is -0.199. The summed E-state index contributed by atoms with van der Waals surface area (Å²) in [5.41, 5.74) is 2.78. The quantitative estimate of drug-likeness (QED) is 0.780. The highest BCUT2D eigenvalue weighted by molar-refractivity contribution is 7.92. The Labute approximate surface area is 171 Å². The highest BCUT2D eigenvalue weighted by Crippen LogP contribution is 2.35. The van der Waals surface area contributed by atoms with E-state index < -0.39 is 10.0 Å². The van der Waals surface area contributed by atoms with Gasteiger partial charge in [-0.3, -0.25) is 9.10 Å². The molecule has 0 fully saturated rings. The number of methoxy groups -OCH3 is 2. The molecule has 0 aliphatic carbocycles. The van der Waals surface area contributed by atoms with Crippen molar-refractivity contribution in [3.63, 3.8) is 0 Å². The largest absolute Gasteiger partial charge is 0.497 e. The van der Waals surface area contributed by atoms with Crippen molar-refractivity contribution in [2.24, 2.45) is 0 Å². The lowest BCUT2D eigenvalue weighted by atomic mass is 10.0. The molecule has 8 heteroatoms. The van der Waals surface area contributed by atoms with Crippen LogP contribution in [0, 0.1) is 0 Å². The number of ether oxygens (including phenoxy) is 2. The second-order valence-corrected chi connectivity index (χ2v) is 9.12. The second-order valence-electron chi connectivity index (χ2n) is 7.26. The lowest BCUT2D eigenvalue weighted by molar-refractivity contribution is 0.0939. The third-order valence-corrected chi connectivity index (χ3v) is 6.37. The number of hydrogen-bond acceptors (Lipinski definition) is 5. The fourth-order valence-electron chi connectivity index (χ4n) is 3.78. The Hall–Kier alpha value is -2.74. The first kappa shape index (κ1) is 21.0. The van der Waals surface area contributed by atoms with Gasteiger partial charge in [-0.15, -0.1) is 0 Å². The monoisotopic (exact) mass is 418 g/mol. The smallest absolute Gasteiger partial charge is 0.251 e. The van der Waals surface area contributed by atoms with Crippen molar-refractivity contribution in [2.45, 2.75) is 32.4 Å². The highest BCUT2D eigenvalue weighted by atomic mass is 32.2. The van der Waals surface area contributed by atoms with Crippen molar-refractivity contribution in [1.82, 2.24) is 5.32 Å². The Morgan fingerprint density at radius 1 is 1.17 bits per heavy atom.